The first kappa shape index (κ1) is 12.5. The van der Waals surface area contributed by atoms with E-state index in [2.05, 4.69) is 32.0 Å². The van der Waals surface area contributed by atoms with Crippen LogP contribution in [0.25, 0.3) is 22.6 Å². The fourth-order valence-corrected chi connectivity index (χ4v) is 2.40. The fourth-order valence-electron chi connectivity index (χ4n) is 1.88. The monoisotopic (exact) mass is 332 g/mol. The van der Waals surface area contributed by atoms with Crippen molar-refractivity contribution in [2.45, 2.75) is 0 Å². The predicted molar refractivity (Wildman–Crippen MR) is 82.2 cm³/mol. The van der Waals surface area contributed by atoms with Crippen molar-refractivity contribution in [1.82, 2.24) is 9.97 Å². The summed E-state index contributed by atoms with van der Waals surface area (Å²) in [6.07, 6.45) is 1.84. The normalized spacial score (nSPS) is 10.6. The number of hydrogen-bond acceptors (Lipinski definition) is 1. The molecule has 0 atom stereocenters. The highest BCUT2D eigenvalue weighted by atomic mass is 79.9. The zero-order chi connectivity index (χ0) is 13.2. The third kappa shape index (κ3) is 2.72. The molecule has 2 aromatic carbocycles. The molecule has 0 spiro atoms. The first-order chi connectivity index (χ1) is 9.22. The van der Waals surface area contributed by atoms with E-state index in [9.17, 15) is 0 Å². The predicted octanol–water partition coefficient (Wildman–Crippen LogP) is 5.16. The van der Waals surface area contributed by atoms with E-state index in [1.54, 1.807) is 0 Å². The molecule has 0 fully saturated rings. The lowest BCUT2D eigenvalue weighted by atomic mass is 10.2. The van der Waals surface area contributed by atoms with Gasteiger partial charge in [0.25, 0.3) is 0 Å². The van der Waals surface area contributed by atoms with E-state index in [0.717, 1.165) is 32.1 Å². The van der Waals surface area contributed by atoms with Gasteiger partial charge >= 0.3 is 0 Å². The zero-order valence-electron chi connectivity index (χ0n) is 9.90. The van der Waals surface area contributed by atoms with Gasteiger partial charge in [-0.1, -0.05) is 39.7 Å². The van der Waals surface area contributed by atoms with Crippen LogP contribution in [0, 0.1) is 0 Å². The standard InChI is InChI=1S/C15H10BrClN2/c16-12-3-1-2-11(8-12)14-9-18-15(19-14)10-4-6-13(17)7-5-10/h1-9H,(H,18,19). The van der Waals surface area contributed by atoms with Crippen molar-refractivity contribution in [2.24, 2.45) is 0 Å². The second kappa shape index (κ2) is 5.19. The minimum absolute atomic E-state index is 0.725. The van der Waals surface area contributed by atoms with Gasteiger partial charge in [-0.25, -0.2) is 4.98 Å². The van der Waals surface area contributed by atoms with Crippen molar-refractivity contribution in [3.63, 3.8) is 0 Å². The molecule has 0 unspecified atom stereocenters. The van der Waals surface area contributed by atoms with Crippen LogP contribution in [-0.2, 0) is 0 Å². The summed E-state index contributed by atoms with van der Waals surface area (Å²) in [6, 6.07) is 15.7. The number of nitrogens with zero attached hydrogens (tertiary/aromatic N) is 1. The summed E-state index contributed by atoms with van der Waals surface area (Å²) in [6.45, 7) is 0. The Morgan fingerprint density at radius 2 is 1.79 bits per heavy atom. The lowest BCUT2D eigenvalue weighted by Crippen LogP contribution is -1.81. The Morgan fingerprint density at radius 1 is 1.00 bits per heavy atom. The average molecular weight is 334 g/mol. The number of aromatic nitrogens is 2. The first-order valence-corrected chi connectivity index (χ1v) is 6.96. The zero-order valence-corrected chi connectivity index (χ0v) is 12.2. The van der Waals surface area contributed by atoms with Crippen LogP contribution in [0.2, 0.25) is 5.02 Å². The van der Waals surface area contributed by atoms with Crippen molar-refractivity contribution in [2.75, 3.05) is 0 Å². The lowest BCUT2D eigenvalue weighted by molar-refractivity contribution is 1.31. The van der Waals surface area contributed by atoms with E-state index in [1.807, 2.05) is 48.7 Å². The Bertz CT molecular complexity index is 704. The van der Waals surface area contributed by atoms with Crippen LogP contribution < -0.4 is 0 Å². The molecule has 3 rings (SSSR count). The maximum Gasteiger partial charge on any atom is 0.137 e. The minimum Gasteiger partial charge on any atom is -0.338 e. The molecule has 0 aliphatic rings. The van der Waals surface area contributed by atoms with Crippen LogP contribution in [-0.4, -0.2) is 9.97 Å². The van der Waals surface area contributed by atoms with Crippen molar-refractivity contribution in [3.05, 3.63) is 64.2 Å². The molecule has 0 saturated heterocycles. The van der Waals surface area contributed by atoms with Gasteiger partial charge in [-0.3, -0.25) is 0 Å². The molecule has 1 heterocycles. The lowest BCUT2D eigenvalue weighted by Gasteiger charge is -1.99. The maximum atomic E-state index is 5.88. The van der Waals surface area contributed by atoms with Crippen molar-refractivity contribution in [1.29, 1.82) is 0 Å². The molecule has 4 heteroatoms. The molecular formula is C15H10BrClN2. The van der Waals surface area contributed by atoms with Gasteiger partial charge in [0, 0.05) is 20.6 Å². The Labute approximate surface area is 124 Å². The molecule has 3 aromatic rings. The number of rotatable bonds is 2. The average Bonchev–Trinajstić information content (AvgIpc) is 2.89. The third-order valence-electron chi connectivity index (χ3n) is 2.83. The van der Waals surface area contributed by atoms with Crippen molar-refractivity contribution < 1.29 is 0 Å². The van der Waals surface area contributed by atoms with Gasteiger partial charge in [0.05, 0.1) is 11.9 Å². The topological polar surface area (TPSA) is 28.7 Å². The molecule has 94 valence electrons. The number of H-pyrrole nitrogens is 1. The van der Waals surface area contributed by atoms with Crippen LogP contribution in [0.1, 0.15) is 0 Å². The van der Waals surface area contributed by atoms with Gasteiger partial charge in [0.15, 0.2) is 0 Å². The number of benzene rings is 2. The first-order valence-electron chi connectivity index (χ1n) is 5.79. The van der Waals surface area contributed by atoms with E-state index in [-0.39, 0.29) is 0 Å². The van der Waals surface area contributed by atoms with Crippen LogP contribution in [0.4, 0.5) is 0 Å². The van der Waals surface area contributed by atoms with E-state index in [0.29, 0.717) is 0 Å². The smallest absolute Gasteiger partial charge is 0.137 e. The fraction of sp³-hybridized carbons (Fsp3) is 0. The second-order valence-electron chi connectivity index (χ2n) is 4.16. The highest BCUT2D eigenvalue weighted by Crippen LogP contribution is 2.25. The van der Waals surface area contributed by atoms with Gasteiger partial charge in [0.1, 0.15) is 5.82 Å². The number of halogens is 2. The largest absolute Gasteiger partial charge is 0.338 e. The SMILES string of the molecule is Clc1ccc(-c2ncc(-c3cccc(Br)c3)[nH]2)cc1. The summed E-state index contributed by atoms with van der Waals surface area (Å²) in [4.78, 5) is 7.73. The third-order valence-corrected chi connectivity index (χ3v) is 3.57. The van der Waals surface area contributed by atoms with Gasteiger partial charge in [-0.15, -0.1) is 0 Å². The summed E-state index contributed by atoms with van der Waals surface area (Å²) >= 11 is 9.35. The second-order valence-corrected chi connectivity index (χ2v) is 5.51. The molecule has 0 saturated carbocycles. The summed E-state index contributed by atoms with van der Waals surface area (Å²) in [5, 5.41) is 0.725. The van der Waals surface area contributed by atoms with Crippen molar-refractivity contribution >= 4 is 27.5 Å². The Kier molecular flexibility index (Phi) is 3.40. The molecule has 1 N–H and O–H groups in total. The molecule has 0 bridgehead atoms. The molecule has 1 aromatic heterocycles. The van der Waals surface area contributed by atoms with Gasteiger partial charge in [0.2, 0.25) is 0 Å². The van der Waals surface area contributed by atoms with Crippen LogP contribution in [0.15, 0.2) is 59.2 Å². The van der Waals surface area contributed by atoms with E-state index >= 15 is 0 Å². The summed E-state index contributed by atoms with van der Waals surface area (Å²) in [5.74, 6) is 0.839. The maximum absolute atomic E-state index is 5.88. The highest BCUT2D eigenvalue weighted by molar-refractivity contribution is 9.10. The number of nitrogens with one attached hydrogen (secondary N) is 1. The van der Waals surface area contributed by atoms with Crippen molar-refractivity contribution in [3.8, 4) is 22.6 Å². The van der Waals surface area contributed by atoms with Gasteiger partial charge in [-0.2, -0.15) is 0 Å². The van der Waals surface area contributed by atoms with Crippen LogP contribution in [0.5, 0.6) is 0 Å². The molecule has 0 amide bonds. The van der Waals surface area contributed by atoms with Crippen LogP contribution >= 0.6 is 27.5 Å². The molecule has 2 nitrogen and oxygen atoms in total. The number of aromatic amines is 1. The number of imidazole rings is 1. The Morgan fingerprint density at radius 3 is 2.53 bits per heavy atom. The number of hydrogen-bond donors (Lipinski definition) is 1. The minimum atomic E-state index is 0.725. The molecule has 0 aliphatic carbocycles. The van der Waals surface area contributed by atoms with E-state index in [1.165, 1.54) is 0 Å². The van der Waals surface area contributed by atoms with Gasteiger partial charge < -0.3 is 4.98 Å². The molecule has 0 radical (unpaired) electrons. The van der Waals surface area contributed by atoms with E-state index in [4.69, 9.17) is 11.6 Å². The quantitative estimate of drug-likeness (QED) is 0.689. The molecule has 19 heavy (non-hydrogen) atoms. The summed E-state index contributed by atoms with van der Waals surface area (Å²) < 4.78 is 1.05. The highest BCUT2D eigenvalue weighted by Gasteiger charge is 2.05. The Balaban J connectivity index is 1.97. The molecular weight excluding hydrogens is 324 g/mol. The molecule has 0 aliphatic heterocycles. The Hall–Kier alpha value is -1.58. The van der Waals surface area contributed by atoms with E-state index < -0.39 is 0 Å². The van der Waals surface area contributed by atoms with Crippen LogP contribution in [0.3, 0.4) is 0 Å². The van der Waals surface area contributed by atoms with Gasteiger partial charge in [-0.05, 0) is 36.4 Å². The summed E-state index contributed by atoms with van der Waals surface area (Å²) in [7, 11) is 0. The summed E-state index contributed by atoms with van der Waals surface area (Å²) in [5.41, 5.74) is 3.11.